The summed E-state index contributed by atoms with van der Waals surface area (Å²) in [4.78, 5) is 27.6. The quantitative estimate of drug-likeness (QED) is 0.256. The largest absolute Gasteiger partial charge is 0.447 e. The molecule has 0 saturated heterocycles. The molecule has 200 valence electrons. The molecule has 0 aromatic heterocycles. The maximum absolute atomic E-state index is 12.0. The molecule has 0 bridgehead atoms. The highest BCUT2D eigenvalue weighted by atomic mass is 16.6. The first kappa shape index (κ1) is 30.6. The van der Waals surface area contributed by atoms with Crippen molar-refractivity contribution < 1.29 is 33.3 Å². The van der Waals surface area contributed by atoms with E-state index >= 15 is 0 Å². The van der Waals surface area contributed by atoms with Crippen molar-refractivity contribution in [1.29, 1.82) is 0 Å². The Morgan fingerprint density at radius 1 is 0.800 bits per heavy atom. The first-order valence-corrected chi connectivity index (χ1v) is 11.8. The molecule has 11 heteroatoms. The van der Waals surface area contributed by atoms with Crippen LogP contribution in [0.25, 0.3) is 0 Å². The standard InChI is InChI=1S/C24H42N4O7/c1-25-22-7-5-21(6-8-22)23(29)26-9-13-32-15-16-33-17-18-34-19-20-35-24(30)28(3)11-10-27(2)12-14-31-4/h5-8,25H,9-20H2,1-4H3,(H,26,29). The van der Waals surface area contributed by atoms with Gasteiger partial charge in [0.25, 0.3) is 5.91 Å². The Morgan fingerprint density at radius 3 is 2.00 bits per heavy atom. The SMILES string of the molecule is CNc1ccc(C(=O)NCCOCCOCCOCCOC(=O)N(C)CCN(C)CCOC)cc1. The van der Waals surface area contributed by atoms with E-state index in [4.69, 9.17) is 23.7 Å². The third-order valence-electron chi connectivity index (χ3n) is 4.97. The van der Waals surface area contributed by atoms with Gasteiger partial charge < -0.3 is 44.1 Å². The number of carbonyl (C=O) groups is 2. The van der Waals surface area contributed by atoms with Crippen molar-refractivity contribution in [3.05, 3.63) is 29.8 Å². The minimum Gasteiger partial charge on any atom is -0.447 e. The molecule has 1 aromatic rings. The average Bonchev–Trinajstić information content (AvgIpc) is 2.88. The fraction of sp³-hybridized carbons (Fsp3) is 0.667. The van der Waals surface area contributed by atoms with Gasteiger partial charge in [0.15, 0.2) is 0 Å². The number of ether oxygens (including phenoxy) is 5. The molecule has 0 aliphatic heterocycles. The zero-order valence-corrected chi connectivity index (χ0v) is 21.5. The number of hydrogen-bond acceptors (Lipinski definition) is 9. The van der Waals surface area contributed by atoms with Crippen molar-refractivity contribution in [2.24, 2.45) is 0 Å². The van der Waals surface area contributed by atoms with Gasteiger partial charge in [0.05, 0.1) is 46.2 Å². The van der Waals surface area contributed by atoms with Gasteiger partial charge in [-0.3, -0.25) is 4.79 Å². The molecule has 35 heavy (non-hydrogen) atoms. The molecule has 1 rings (SSSR count). The van der Waals surface area contributed by atoms with Crippen LogP contribution >= 0.6 is 0 Å². The molecular formula is C24H42N4O7. The number of likely N-dealkylation sites (N-methyl/N-ethyl adjacent to an activating group) is 2. The molecular weight excluding hydrogens is 456 g/mol. The van der Waals surface area contributed by atoms with Crippen LogP contribution in [0.3, 0.4) is 0 Å². The van der Waals surface area contributed by atoms with Crippen LogP contribution in [0.5, 0.6) is 0 Å². The summed E-state index contributed by atoms with van der Waals surface area (Å²) in [5.74, 6) is -0.132. The van der Waals surface area contributed by atoms with E-state index in [1.807, 2.05) is 26.2 Å². The van der Waals surface area contributed by atoms with Crippen LogP contribution in [-0.2, 0) is 23.7 Å². The number of nitrogens with zero attached hydrogens (tertiary/aromatic N) is 2. The molecule has 11 nitrogen and oxygen atoms in total. The van der Waals surface area contributed by atoms with Crippen molar-refractivity contribution in [3.8, 4) is 0 Å². The summed E-state index contributed by atoms with van der Waals surface area (Å²) in [7, 11) is 7.18. The van der Waals surface area contributed by atoms with Crippen LogP contribution in [0.4, 0.5) is 10.5 Å². The van der Waals surface area contributed by atoms with Crippen LogP contribution < -0.4 is 10.6 Å². The van der Waals surface area contributed by atoms with E-state index in [0.29, 0.717) is 64.9 Å². The van der Waals surface area contributed by atoms with Crippen LogP contribution in [-0.4, -0.2) is 129 Å². The zero-order chi connectivity index (χ0) is 25.7. The van der Waals surface area contributed by atoms with Gasteiger partial charge in [0.2, 0.25) is 0 Å². The van der Waals surface area contributed by atoms with Crippen molar-refractivity contribution in [1.82, 2.24) is 15.1 Å². The van der Waals surface area contributed by atoms with Crippen molar-refractivity contribution in [2.75, 3.05) is 113 Å². The summed E-state index contributed by atoms with van der Waals surface area (Å²) in [5, 5.41) is 5.82. The Morgan fingerprint density at radius 2 is 1.40 bits per heavy atom. The molecule has 0 saturated carbocycles. The zero-order valence-electron chi connectivity index (χ0n) is 21.5. The van der Waals surface area contributed by atoms with E-state index < -0.39 is 0 Å². The number of amides is 2. The Bertz CT molecular complexity index is 691. The third kappa shape index (κ3) is 15.2. The number of methoxy groups -OCH3 is 1. The van der Waals surface area contributed by atoms with Gasteiger partial charge in [0.1, 0.15) is 6.61 Å². The number of benzene rings is 1. The topological polar surface area (TPSA) is 111 Å². The van der Waals surface area contributed by atoms with Gasteiger partial charge >= 0.3 is 6.09 Å². The number of nitrogens with one attached hydrogen (secondary N) is 2. The summed E-state index contributed by atoms with van der Waals surface area (Å²) in [6.45, 7) is 5.81. The fourth-order valence-electron chi connectivity index (χ4n) is 2.74. The highest BCUT2D eigenvalue weighted by Crippen LogP contribution is 2.08. The summed E-state index contributed by atoms with van der Waals surface area (Å²) < 4.78 is 26.5. The predicted octanol–water partition coefficient (Wildman–Crippen LogP) is 1.15. The number of hydrogen-bond donors (Lipinski definition) is 2. The van der Waals surface area contributed by atoms with Gasteiger partial charge in [-0.1, -0.05) is 0 Å². The Balaban J connectivity index is 1.89. The third-order valence-corrected chi connectivity index (χ3v) is 4.97. The van der Waals surface area contributed by atoms with E-state index in [2.05, 4.69) is 15.5 Å². The van der Waals surface area contributed by atoms with Crippen LogP contribution in [0.15, 0.2) is 24.3 Å². The van der Waals surface area contributed by atoms with Gasteiger partial charge in [-0.05, 0) is 31.3 Å². The minimum absolute atomic E-state index is 0.132. The van der Waals surface area contributed by atoms with E-state index in [-0.39, 0.29) is 18.6 Å². The number of anilines is 1. The van der Waals surface area contributed by atoms with E-state index in [1.165, 1.54) is 0 Å². The molecule has 0 fully saturated rings. The molecule has 0 spiro atoms. The highest BCUT2D eigenvalue weighted by Gasteiger charge is 2.10. The van der Waals surface area contributed by atoms with Gasteiger partial charge in [-0.2, -0.15) is 0 Å². The molecule has 2 N–H and O–H groups in total. The van der Waals surface area contributed by atoms with Gasteiger partial charge in [-0.25, -0.2) is 4.79 Å². The molecule has 0 unspecified atom stereocenters. The lowest BCUT2D eigenvalue weighted by atomic mass is 10.2. The van der Waals surface area contributed by atoms with E-state index in [1.54, 1.807) is 31.2 Å². The molecule has 0 radical (unpaired) electrons. The first-order chi connectivity index (χ1) is 17.0. The van der Waals surface area contributed by atoms with Crippen LogP contribution in [0.2, 0.25) is 0 Å². The average molecular weight is 499 g/mol. The van der Waals surface area contributed by atoms with E-state index in [9.17, 15) is 9.59 Å². The van der Waals surface area contributed by atoms with Gasteiger partial charge in [0, 0.05) is 58.6 Å². The van der Waals surface area contributed by atoms with Crippen LogP contribution in [0, 0.1) is 0 Å². The Hall–Kier alpha value is -2.44. The van der Waals surface area contributed by atoms with E-state index in [0.717, 1.165) is 18.8 Å². The number of carbonyl (C=O) groups excluding carboxylic acids is 2. The Kier molecular flexibility index (Phi) is 17.3. The lowest BCUT2D eigenvalue weighted by molar-refractivity contribution is 0.00396. The maximum atomic E-state index is 12.0. The monoisotopic (exact) mass is 498 g/mol. The lowest BCUT2D eigenvalue weighted by Crippen LogP contribution is -2.36. The summed E-state index contributed by atoms with van der Waals surface area (Å²) in [6, 6.07) is 7.24. The lowest BCUT2D eigenvalue weighted by Gasteiger charge is -2.21. The minimum atomic E-state index is -0.370. The highest BCUT2D eigenvalue weighted by molar-refractivity contribution is 5.94. The predicted molar refractivity (Wildman–Crippen MR) is 134 cm³/mol. The number of rotatable bonds is 20. The fourth-order valence-corrected chi connectivity index (χ4v) is 2.74. The summed E-state index contributed by atoms with van der Waals surface area (Å²) in [6.07, 6.45) is -0.370. The summed E-state index contributed by atoms with van der Waals surface area (Å²) in [5.41, 5.74) is 1.56. The molecule has 0 aliphatic rings. The van der Waals surface area contributed by atoms with Crippen LogP contribution in [0.1, 0.15) is 10.4 Å². The normalized spacial score (nSPS) is 10.9. The van der Waals surface area contributed by atoms with Gasteiger partial charge in [-0.15, -0.1) is 0 Å². The summed E-state index contributed by atoms with van der Waals surface area (Å²) >= 11 is 0. The molecule has 0 aliphatic carbocycles. The molecule has 0 heterocycles. The first-order valence-electron chi connectivity index (χ1n) is 11.8. The molecule has 1 aromatic carbocycles. The second-order valence-corrected chi connectivity index (χ2v) is 7.75. The molecule has 0 atom stereocenters. The second-order valence-electron chi connectivity index (χ2n) is 7.75. The smallest absolute Gasteiger partial charge is 0.409 e. The van der Waals surface area contributed by atoms with Crippen molar-refractivity contribution >= 4 is 17.7 Å². The Labute approximate surface area is 209 Å². The second kappa shape index (κ2) is 19.8. The maximum Gasteiger partial charge on any atom is 0.409 e. The van der Waals surface area contributed by atoms with Crippen molar-refractivity contribution in [2.45, 2.75) is 0 Å². The van der Waals surface area contributed by atoms with Crippen molar-refractivity contribution in [3.63, 3.8) is 0 Å². The molecule has 2 amide bonds.